The van der Waals surface area contributed by atoms with Gasteiger partial charge in [0.2, 0.25) is 0 Å². The molecule has 1 aromatic heterocycles. The summed E-state index contributed by atoms with van der Waals surface area (Å²) in [5, 5.41) is 5.38. The van der Waals surface area contributed by atoms with E-state index in [1.807, 2.05) is 22.9 Å². The minimum Gasteiger partial charge on any atom is -0.492 e. The van der Waals surface area contributed by atoms with Crippen LogP contribution in [0, 0.1) is 0 Å². The van der Waals surface area contributed by atoms with E-state index < -0.39 is 0 Å². The van der Waals surface area contributed by atoms with E-state index in [4.69, 9.17) is 10.5 Å². The van der Waals surface area contributed by atoms with Crippen molar-refractivity contribution in [1.29, 1.82) is 0 Å². The summed E-state index contributed by atoms with van der Waals surface area (Å²) in [6.07, 6.45) is 1.81. The number of nitrogens with two attached hydrogens (primary N) is 1. The van der Waals surface area contributed by atoms with Gasteiger partial charge in [0.15, 0.2) is 0 Å². The second-order valence-corrected chi connectivity index (χ2v) is 5.05. The average molecular weight is 311 g/mol. The molecule has 0 fully saturated rings. The monoisotopic (exact) mass is 311 g/mol. The van der Waals surface area contributed by atoms with Gasteiger partial charge >= 0.3 is 5.97 Å². The number of nitrogen functional groups attached to an aromatic ring is 1. The molecule has 3 aromatic rings. The zero-order valence-electron chi connectivity index (χ0n) is 12.7. The van der Waals surface area contributed by atoms with Crippen LogP contribution in [-0.4, -0.2) is 29.5 Å². The molecule has 0 spiro atoms. The van der Waals surface area contributed by atoms with E-state index in [1.165, 1.54) is 7.11 Å². The number of methoxy groups -OCH3 is 1. The van der Waals surface area contributed by atoms with E-state index in [1.54, 1.807) is 30.5 Å². The Balaban J connectivity index is 1.62. The van der Waals surface area contributed by atoms with Gasteiger partial charge in [-0.3, -0.25) is 4.68 Å². The first-order chi connectivity index (χ1) is 11.2. The van der Waals surface area contributed by atoms with Gasteiger partial charge in [-0.15, -0.1) is 0 Å². The van der Waals surface area contributed by atoms with Gasteiger partial charge in [0, 0.05) is 11.1 Å². The normalized spacial score (nSPS) is 10.7. The van der Waals surface area contributed by atoms with E-state index in [-0.39, 0.29) is 5.97 Å². The number of aromatic nitrogens is 2. The number of carbonyl (C=O) groups excluding carboxylic acids is 1. The zero-order valence-corrected chi connectivity index (χ0v) is 12.7. The zero-order chi connectivity index (χ0) is 16.2. The minimum absolute atomic E-state index is 0.364. The van der Waals surface area contributed by atoms with Gasteiger partial charge in [0.25, 0.3) is 0 Å². The number of anilines is 1. The lowest BCUT2D eigenvalue weighted by atomic mass is 10.2. The molecule has 0 saturated heterocycles. The molecule has 0 aliphatic heterocycles. The Labute approximate surface area is 133 Å². The highest BCUT2D eigenvalue weighted by Gasteiger charge is 2.06. The summed E-state index contributed by atoms with van der Waals surface area (Å²) in [4.78, 5) is 11.4. The number of esters is 1. The van der Waals surface area contributed by atoms with E-state index in [0.29, 0.717) is 30.2 Å². The fourth-order valence-electron chi connectivity index (χ4n) is 2.32. The molecule has 23 heavy (non-hydrogen) atoms. The number of fused-ring (bicyclic) bond motifs is 1. The first-order valence-electron chi connectivity index (χ1n) is 7.19. The fourth-order valence-corrected chi connectivity index (χ4v) is 2.32. The summed E-state index contributed by atoms with van der Waals surface area (Å²) in [7, 11) is 1.36. The van der Waals surface area contributed by atoms with Crippen LogP contribution in [0.3, 0.4) is 0 Å². The second kappa shape index (κ2) is 6.39. The lowest BCUT2D eigenvalue weighted by Gasteiger charge is -2.08. The molecule has 0 aliphatic rings. The molecule has 0 bridgehead atoms. The molecule has 6 nitrogen and oxygen atoms in total. The summed E-state index contributed by atoms with van der Waals surface area (Å²) in [5.74, 6) is 0.325. The van der Waals surface area contributed by atoms with Crippen LogP contribution in [0.5, 0.6) is 5.75 Å². The average Bonchev–Trinajstić information content (AvgIpc) is 2.97. The largest absolute Gasteiger partial charge is 0.492 e. The summed E-state index contributed by atoms with van der Waals surface area (Å²) in [6.45, 7) is 1.06. The maximum atomic E-state index is 11.4. The smallest absolute Gasteiger partial charge is 0.337 e. The standard InChI is InChI=1S/C17H17N3O3/c1-22-17(21)12-3-6-15(7-4-12)23-9-8-20-16-10-14(18)5-2-13(16)11-19-20/h2-7,10-11H,8-9,18H2,1H3. The summed E-state index contributed by atoms with van der Waals surface area (Å²) in [6, 6.07) is 12.5. The Kier molecular flexibility index (Phi) is 4.14. The topological polar surface area (TPSA) is 79.4 Å². The molecule has 0 amide bonds. The lowest BCUT2D eigenvalue weighted by molar-refractivity contribution is 0.0600. The van der Waals surface area contributed by atoms with Crippen molar-refractivity contribution < 1.29 is 14.3 Å². The molecule has 118 valence electrons. The predicted octanol–water partition coefficient (Wildman–Crippen LogP) is 2.48. The van der Waals surface area contributed by atoms with Crippen LogP contribution >= 0.6 is 0 Å². The molecule has 1 heterocycles. The van der Waals surface area contributed by atoms with Crippen LogP contribution in [-0.2, 0) is 11.3 Å². The van der Waals surface area contributed by atoms with E-state index in [2.05, 4.69) is 9.84 Å². The highest BCUT2D eigenvalue weighted by atomic mass is 16.5. The number of hydrogen-bond donors (Lipinski definition) is 1. The molecule has 0 unspecified atom stereocenters. The van der Waals surface area contributed by atoms with Crippen molar-refractivity contribution in [3.05, 3.63) is 54.2 Å². The summed E-state index contributed by atoms with van der Waals surface area (Å²) < 4.78 is 12.2. The van der Waals surface area contributed by atoms with Gasteiger partial charge in [-0.05, 0) is 42.5 Å². The molecule has 0 saturated carbocycles. The van der Waals surface area contributed by atoms with Crippen LogP contribution in [0.25, 0.3) is 10.9 Å². The van der Waals surface area contributed by atoms with Crippen molar-refractivity contribution in [2.24, 2.45) is 0 Å². The Bertz CT molecular complexity index is 825. The second-order valence-electron chi connectivity index (χ2n) is 5.05. The fraction of sp³-hybridized carbons (Fsp3) is 0.176. The predicted molar refractivity (Wildman–Crippen MR) is 87.4 cm³/mol. The van der Waals surface area contributed by atoms with Crippen LogP contribution in [0.2, 0.25) is 0 Å². The number of benzene rings is 2. The Morgan fingerprint density at radius 1 is 1.22 bits per heavy atom. The van der Waals surface area contributed by atoms with Gasteiger partial charge < -0.3 is 15.2 Å². The number of rotatable bonds is 5. The van der Waals surface area contributed by atoms with Crippen molar-refractivity contribution in [3.8, 4) is 5.75 Å². The first-order valence-corrected chi connectivity index (χ1v) is 7.19. The van der Waals surface area contributed by atoms with Crippen molar-refractivity contribution in [3.63, 3.8) is 0 Å². The van der Waals surface area contributed by atoms with Crippen LogP contribution in [0.1, 0.15) is 10.4 Å². The molecule has 0 atom stereocenters. The van der Waals surface area contributed by atoms with Crippen LogP contribution in [0.4, 0.5) is 5.69 Å². The number of ether oxygens (including phenoxy) is 2. The van der Waals surface area contributed by atoms with Gasteiger partial charge in [0.05, 0.1) is 30.9 Å². The SMILES string of the molecule is COC(=O)c1ccc(OCCn2ncc3ccc(N)cc32)cc1. The Morgan fingerprint density at radius 2 is 2.00 bits per heavy atom. The molecule has 3 rings (SSSR count). The number of hydrogen-bond acceptors (Lipinski definition) is 5. The summed E-state index contributed by atoms with van der Waals surface area (Å²) >= 11 is 0. The van der Waals surface area contributed by atoms with Crippen LogP contribution in [0.15, 0.2) is 48.7 Å². The molecule has 2 aromatic carbocycles. The minimum atomic E-state index is -0.364. The third-order valence-corrected chi connectivity index (χ3v) is 3.52. The maximum Gasteiger partial charge on any atom is 0.337 e. The molecule has 2 N–H and O–H groups in total. The Hall–Kier alpha value is -3.02. The summed E-state index contributed by atoms with van der Waals surface area (Å²) in [5.41, 5.74) is 7.99. The van der Waals surface area contributed by atoms with E-state index >= 15 is 0 Å². The van der Waals surface area contributed by atoms with Crippen LogP contribution < -0.4 is 10.5 Å². The van der Waals surface area contributed by atoms with Gasteiger partial charge in [-0.2, -0.15) is 5.10 Å². The maximum absolute atomic E-state index is 11.4. The van der Waals surface area contributed by atoms with E-state index in [9.17, 15) is 4.79 Å². The Morgan fingerprint density at radius 3 is 2.74 bits per heavy atom. The van der Waals surface area contributed by atoms with E-state index in [0.717, 1.165) is 10.9 Å². The van der Waals surface area contributed by atoms with Gasteiger partial charge in [-0.25, -0.2) is 4.79 Å². The molecular weight excluding hydrogens is 294 g/mol. The van der Waals surface area contributed by atoms with Crippen molar-refractivity contribution in [1.82, 2.24) is 9.78 Å². The first kappa shape index (κ1) is 14.9. The third kappa shape index (κ3) is 3.26. The van der Waals surface area contributed by atoms with Crippen molar-refractivity contribution >= 4 is 22.6 Å². The molecular formula is C17H17N3O3. The highest BCUT2D eigenvalue weighted by molar-refractivity contribution is 5.89. The molecule has 0 aliphatic carbocycles. The highest BCUT2D eigenvalue weighted by Crippen LogP contribution is 2.17. The van der Waals surface area contributed by atoms with Gasteiger partial charge in [0.1, 0.15) is 12.4 Å². The molecule has 0 radical (unpaired) electrons. The van der Waals surface area contributed by atoms with Crippen molar-refractivity contribution in [2.45, 2.75) is 6.54 Å². The van der Waals surface area contributed by atoms with Crippen molar-refractivity contribution in [2.75, 3.05) is 19.5 Å². The molecule has 6 heteroatoms. The lowest BCUT2D eigenvalue weighted by Crippen LogP contribution is -2.09. The quantitative estimate of drug-likeness (QED) is 0.578. The number of carbonyl (C=O) groups is 1. The number of nitrogens with zero attached hydrogens (tertiary/aromatic N) is 2. The third-order valence-electron chi connectivity index (χ3n) is 3.52. The van der Waals surface area contributed by atoms with Gasteiger partial charge in [-0.1, -0.05) is 0 Å².